The van der Waals surface area contributed by atoms with E-state index in [1.165, 1.54) is 47.6 Å². The van der Waals surface area contributed by atoms with E-state index in [4.69, 9.17) is 4.74 Å². The lowest BCUT2D eigenvalue weighted by atomic mass is 9.50. The van der Waals surface area contributed by atoms with Crippen molar-refractivity contribution in [1.29, 1.82) is 0 Å². The Hall–Kier alpha value is -2.92. The zero-order chi connectivity index (χ0) is 31.1. The van der Waals surface area contributed by atoms with Crippen LogP contribution < -0.4 is 4.90 Å². The predicted molar refractivity (Wildman–Crippen MR) is 165 cm³/mol. The molecule has 0 amide bonds. The number of alkyl halides is 3. The highest BCUT2D eigenvalue weighted by molar-refractivity contribution is 5.83. The number of carbonyl (C=O) groups excluding carboxylic acids is 1. The van der Waals surface area contributed by atoms with Crippen LogP contribution in [0.2, 0.25) is 0 Å². The second-order valence-corrected chi connectivity index (χ2v) is 13.8. The van der Waals surface area contributed by atoms with Crippen LogP contribution in [0.3, 0.4) is 0 Å². The zero-order valence-corrected chi connectivity index (χ0v) is 25.8. The Morgan fingerprint density at radius 3 is 2.55 bits per heavy atom. The van der Waals surface area contributed by atoms with Crippen molar-refractivity contribution in [2.24, 2.45) is 34.3 Å². The fraction of sp³-hybridized carbons (Fsp3) is 0.639. The Kier molecular flexibility index (Phi) is 8.80. The molecule has 44 heavy (non-hydrogen) atoms. The summed E-state index contributed by atoms with van der Waals surface area (Å²) in [5.74, 6) is 4.24. The van der Waals surface area contributed by atoms with E-state index in [1.807, 2.05) is 6.08 Å². The smallest absolute Gasteiger partial charge is 0.377 e. The molecule has 0 bridgehead atoms. The largest absolute Gasteiger partial charge is 0.457 e. The number of ether oxygens (including phenoxy) is 1. The number of methoxy groups -OCH3 is 1. The summed E-state index contributed by atoms with van der Waals surface area (Å²) in [4.78, 5) is 27.5. The quantitative estimate of drug-likeness (QED) is 0.232. The summed E-state index contributed by atoms with van der Waals surface area (Å²) < 4.78 is 44.4. The fourth-order valence-corrected chi connectivity index (χ4v) is 9.61. The molecule has 1 heterocycles. The van der Waals surface area contributed by atoms with E-state index in [1.54, 1.807) is 7.11 Å². The summed E-state index contributed by atoms with van der Waals surface area (Å²) in [5.41, 5.74) is 5.79. The molecule has 2 saturated carbocycles. The zero-order valence-electron chi connectivity index (χ0n) is 25.8. The van der Waals surface area contributed by atoms with Crippen LogP contribution in [0.15, 0.2) is 52.2 Å². The molecule has 0 radical (unpaired) electrons. The van der Waals surface area contributed by atoms with Crippen LogP contribution in [0, 0.1) is 45.8 Å². The maximum atomic E-state index is 13.4. The molecule has 1 aliphatic heterocycles. The van der Waals surface area contributed by atoms with Crippen molar-refractivity contribution in [2.75, 3.05) is 31.7 Å². The van der Waals surface area contributed by atoms with E-state index in [9.17, 15) is 22.9 Å². The fourth-order valence-electron chi connectivity index (χ4n) is 9.61. The van der Waals surface area contributed by atoms with Crippen molar-refractivity contribution < 1.29 is 22.7 Å². The molecule has 4 aliphatic carbocycles. The molecular weight excluding hydrogens is 565 g/mol. The van der Waals surface area contributed by atoms with Gasteiger partial charge in [0.25, 0.3) is 0 Å². The molecule has 0 spiro atoms. The van der Waals surface area contributed by atoms with E-state index in [0.29, 0.717) is 19.3 Å². The van der Waals surface area contributed by atoms with E-state index in [0.717, 1.165) is 37.9 Å². The standard InChI is InChI=1S/C36H43F3N2O3/c1-35-21-30(23-8-11-26(12-9-23)41-17-4-3-5-18-41)34-27-13-10-25(40-43)20-28(27)24(7-6-16-36(37,38)39)19-29(34)31(35)14-15-32(35)33(42)22-44-2/h8-9,11-12,20,24-25,29-32H,3-5,7,10,13-15,17-19,21-22H2,1-2H3/t24?,25?,29-,30+,31-,32+,35-/m0/s1. The van der Waals surface area contributed by atoms with Crippen molar-refractivity contribution in [3.05, 3.63) is 57.5 Å². The third-order valence-corrected chi connectivity index (χ3v) is 11.5. The topological polar surface area (TPSA) is 59.0 Å². The Morgan fingerprint density at radius 2 is 1.86 bits per heavy atom. The van der Waals surface area contributed by atoms with Crippen LogP contribution in [0.1, 0.15) is 82.6 Å². The van der Waals surface area contributed by atoms with Gasteiger partial charge in [-0.15, -0.1) is 0 Å². The monoisotopic (exact) mass is 608 g/mol. The van der Waals surface area contributed by atoms with Crippen molar-refractivity contribution in [1.82, 2.24) is 0 Å². The third kappa shape index (κ3) is 5.89. The van der Waals surface area contributed by atoms with E-state index < -0.39 is 12.2 Å². The van der Waals surface area contributed by atoms with Crippen molar-refractivity contribution in [3.63, 3.8) is 0 Å². The van der Waals surface area contributed by atoms with Gasteiger partial charge in [-0.1, -0.05) is 41.8 Å². The summed E-state index contributed by atoms with van der Waals surface area (Å²) in [7, 11) is 1.56. The SMILES string of the molecule is COCC(=O)[C@H]1CC[C@H]2[C@@H]3CC(CC#CC(F)(F)F)C4=CC(N=O)CCC4=C3[C@@H](c3ccc(N4CCCCC4)cc3)C[C@]12C. The molecule has 236 valence electrons. The Morgan fingerprint density at radius 1 is 1.11 bits per heavy atom. The average molecular weight is 609 g/mol. The number of rotatable bonds is 7. The van der Waals surface area contributed by atoms with Crippen LogP contribution in [0.4, 0.5) is 18.9 Å². The lowest BCUT2D eigenvalue weighted by Crippen LogP contribution is -2.46. The number of hydrogen-bond acceptors (Lipinski definition) is 5. The van der Waals surface area contributed by atoms with Gasteiger partial charge in [-0.25, -0.2) is 0 Å². The number of nitrogens with zero attached hydrogens (tertiary/aromatic N) is 2. The molecule has 7 atom stereocenters. The van der Waals surface area contributed by atoms with Gasteiger partial charge in [-0.05, 0) is 110 Å². The molecule has 0 N–H and O–H groups in total. The van der Waals surface area contributed by atoms with Crippen LogP contribution in [-0.2, 0) is 9.53 Å². The van der Waals surface area contributed by atoms with Crippen LogP contribution >= 0.6 is 0 Å². The maximum absolute atomic E-state index is 13.4. The molecule has 1 aromatic rings. The second kappa shape index (κ2) is 12.5. The molecular formula is C36H43F3N2O3. The normalized spacial score (nSPS) is 33.4. The first kappa shape index (κ1) is 31.1. The van der Waals surface area contributed by atoms with E-state index >= 15 is 0 Å². The molecule has 8 heteroatoms. The Labute approximate surface area is 258 Å². The van der Waals surface area contributed by atoms with Gasteiger partial charge in [0.15, 0.2) is 5.78 Å². The third-order valence-electron chi connectivity index (χ3n) is 11.5. The van der Waals surface area contributed by atoms with Gasteiger partial charge in [-0.3, -0.25) is 4.79 Å². The highest BCUT2D eigenvalue weighted by Crippen LogP contribution is 2.66. The first-order valence-electron chi connectivity index (χ1n) is 16.3. The van der Waals surface area contributed by atoms with Gasteiger partial charge in [-0.2, -0.15) is 18.1 Å². The second-order valence-electron chi connectivity index (χ2n) is 13.8. The number of piperidine rings is 1. The number of nitroso groups, excluding NO2 is 1. The highest BCUT2D eigenvalue weighted by atomic mass is 19.4. The molecule has 1 aromatic carbocycles. The molecule has 3 fully saturated rings. The molecule has 0 aromatic heterocycles. The lowest BCUT2D eigenvalue weighted by Gasteiger charge is -2.54. The summed E-state index contributed by atoms with van der Waals surface area (Å²) in [6.45, 7) is 4.52. The van der Waals surface area contributed by atoms with Gasteiger partial charge < -0.3 is 9.64 Å². The number of benzene rings is 1. The number of carbonyl (C=O) groups is 1. The Balaban J connectivity index is 1.44. The molecule has 5 aliphatic rings. The minimum absolute atomic E-state index is 0.0916. The summed E-state index contributed by atoms with van der Waals surface area (Å²) in [6, 6.07) is 8.52. The maximum Gasteiger partial charge on any atom is 0.457 e. The number of fused-ring (bicyclic) bond motifs is 4. The number of anilines is 1. The first-order chi connectivity index (χ1) is 21.1. The minimum Gasteiger partial charge on any atom is -0.377 e. The van der Waals surface area contributed by atoms with Gasteiger partial charge >= 0.3 is 6.18 Å². The predicted octanol–water partition coefficient (Wildman–Crippen LogP) is 8.16. The summed E-state index contributed by atoms with van der Waals surface area (Å²) >= 11 is 0. The van der Waals surface area contributed by atoms with Gasteiger partial charge in [0.2, 0.25) is 0 Å². The minimum atomic E-state index is -4.54. The summed E-state index contributed by atoms with van der Waals surface area (Å²) in [6.07, 6.45) is 5.70. The van der Waals surface area contributed by atoms with Crippen molar-refractivity contribution >= 4 is 11.5 Å². The van der Waals surface area contributed by atoms with Gasteiger partial charge in [0.1, 0.15) is 12.6 Å². The molecule has 5 nitrogen and oxygen atoms in total. The van der Waals surface area contributed by atoms with E-state index in [-0.39, 0.29) is 53.8 Å². The lowest BCUT2D eigenvalue weighted by molar-refractivity contribution is -0.131. The van der Waals surface area contributed by atoms with Gasteiger partial charge in [0, 0.05) is 50.1 Å². The number of Topliss-reactive ketones (excluding diaryl/α,β-unsaturated/α-hetero) is 1. The van der Waals surface area contributed by atoms with Gasteiger partial charge in [0.05, 0.1) is 0 Å². The number of halogens is 3. The number of ketones is 1. The molecule has 1 saturated heterocycles. The first-order valence-corrected chi connectivity index (χ1v) is 16.3. The Bertz CT molecular complexity index is 1380. The number of hydrogen-bond donors (Lipinski definition) is 0. The van der Waals surface area contributed by atoms with Crippen LogP contribution in [0.5, 0.6) is 0 Å². The number of allylic oxidation sites excluding steroid dienone is 3. The summed E-state index contributed by atoms with van der Waals surface area (Å²) in [5, 5.41) is 3.32. The van der Waals surface area contributed by atoms with Crippen molar-refractivity contribution in [3.8, 4) is 11.8 Å². The highest BCUT2D eigenvalue weighted by Gasteiger charge is 2.58. The van der Waals surface area contributed by atoms with E-state index in [2.05, 4.69) is 47.2 Å². The molecule has 2 unspecified atom stereocenters. The van der Waals surface area contributed by atoms with Crippen molar-refractivity contribution in [2.45, 2.75) is 89.3 Å². The molecule has 6 rings (SSSR count). The average Bonchev–Trinajstić information content (AvgIpc) is 3.37. The van der Waals surface area contributed by atoms with Crippen LogP contribution in [0.25, 0.3) is 0 Å². The van der Waals surface area contributed by atoms with Crippen LogP contribution in [-0.4, -0.2) is 44.8 Å².